The summed E-state index contributed by atoms with van der Waals surface area (Å²) in [4.78, 5) is 22.5. The van der Waals surface area contributed by atoms with E-state index in [1.807, 2.05) is 0 Å². The van der Waals surface area contributed by atoms with Crippen molar-refractivity contribution in [2.24, 2.45) is 0 Å². The molecule has 0 saturated heterocycles. The Labute approximate surface area is 83.3 Å². The molecule has 0 aromatic carbocycles. The third-order valence-electron chi connectivity index (χ3n) is 1.76. The van der Waals surface area contributed by atoms with E-state index in [4.69, 9.17) is 4.74 Å². The van der Waals surface area contributed by atoms with Crippen LogP contribution in [0.1, 0.15) is 34.1 Å². The maximum atomic E-state index is 11.5. The molecule has 0 aromatic rings. The summed E-state index contributed by atoms with van der Waals surface area (Å²) in [6, 6.07) is 0. The number of amides is 1. The van der Waals surface area contributed by atoms with Gasteiger partial charge < -0.3 is 10.1 Å². The molecule has 1 aliphatic heterocycles. The van der Waals surface area contributed by atoms with Crippen LogP contribution < -0.4 is 5.32 Å². The minimum Gasteiger partial charge on any atom is -0.457 e. The predicted molar refractivity (Wildman–Crippen MR) is 51.3 cm³/mol. The molecule has 0 atom stereocenters. The highest BCUT2D eigenvalue weighted by atomic mass is 16.6. The van der Waals surface area contributed by atoms with Gasteiger partial charge in [-0.25, -0.2) is 4.79 Å². The zero-order valence-corrected chi connectivity index (χ0v) is 8.93. The van der Waals surface area contributed by atoms with E-state index in [1.165, 1.54) is 0 Å². The van der Waals surface area contributed by atoms with Gasteiger partial charge in [-0.2, -0.15) is 0 Å². The molecule has 4 heteroatoms. The van der Waals surface area contributed by atoms with Gasteiger partial charge in [-0.3, -0.25) is 4.79 Å². The third kappa shape index (κ3) is 2.58. The highest BCUT2D eigenvalue weighted by Gasteiger charge is 2.27. The van der Waals surface area contributed by atoms with Crippen molar-refractivity contribution in [2.75, 3.05) is 0 Å². The summed E-state index contributed by atoms with van der Waals surface area (Å²) in [5.41, 5.74) is 0.518. The Bertz CT molecular complexity index is 310. The average molecular weight is 197 g/mol. The molecule has 1 amide bonds. The zero-order valence-electron chi connectivity index (χ0n) is 8.93. The number of hydrogen-bond acceptors (Lipinski definition) is 3. The van der Waals surface area contributed by atoms with E-state index in [1.54, 1.807) is 27.7 Å². The number of carbonyl (C=O) groups is 2. The van der Waals surface area contributed by atoms with Crippen LogP contribution in [0.5, 0.6) is 0 Å². The normalized spacial score (nSPS) is 17.0. The molecule has 1 aliphatic rings. The van der Waals surface area contributed by atoms with E-state index in [0.717, 1.165) is 0 Å². The topological polar surface area (TPSA) is 55.4 Å². The second-order valence-electron chi connectivity index (χ2n) is 4.33. The van der Waals surface area contributed by atoms with E-state index >= 15 is 0 Å². The van der Waals surface area contributed by atoms with Gasteiger partial charge in [0.25, 0.3) is 0 Å². The van der Waals surface area contributed by atoms with Crippen molar-refractivity contribution in [1.82, 2.24) is 5.32 Å². The van der Waals surface area contributed by atoms with Gasteiger partial charge in [0.15, 0.2) is 0 Å². The Morgan fingerprint density at radius 3 is 2.36 bits per heavy atom. The summed E-state index contributed by atoms with van der Waals surface area (Å²) in [7, 11) is 0. The molecule has 0 spiro atoms. The number of hydrogen-bond donors (Lipinski definition) is 1. The smallest absolute Gasteiger partial charge is 0.336 e. The predicted octanol–water partition coefficient (Wildman–Crippen LogP) is 1.12. The fourth-order valence-electron chi connectivity index (χ4n) is 1.19. The first kappa shape index (κ1) is 10.8. The molecule has 1 rings (SSSR count). The third-order valence-corrected chi connectivity index (χ3v) is 1.76. The quantitative estimate of drug-likeness (QED) is 0.641. The van der Waals surface area contributed by atoms with Crippen molar-refractivity contribution < 1.29 is 14.3 Å². The molecule has 14 heavy (non-hydrogen) atoms. The van der Waals surface area contributed by atoms with Gasteiger partial charge in [-0.15, -0.1) is 0 Å². The number of esters is 1. The first-order valence-corrected chi connectivity index (χ1v) is 4.52. The number of allylic oxidation sites excluding steroid dienone is 1. The molecule has 0 bridgehead atoms. The molecule has 1 heterocycles. The van der Waals surface area contributed by atoms with Crippen LogP contribution in [0.15, 0.2) is 11.3 Å². The molecule has 0 aromatic heterocycles. The van der Waals surface area contributed by atoms with E-state index in [0.29, 0.717) is 11.3 Å². The second-order valence-corrected chi connectivity index (χ2v) is 4.33. The summed E-state index contributed by atoms with van der Waals surface area (Å²) < 4.78 is 5.15. The van der Waals surface area contributed by atoms with Gasteiger partial charge >= 0.3 is 5.97 Å². The molecular formula is C10H15NO3. The van der Waals surface area contributed by atoms with E-state index in [-0.39, 0.29) is 12.3 Å². The maximum absolute atomic E-state index is 11.5. The van der Waals surface area contributed by atoms with Crippen molar-refractivity contribution in [3.8, 4) is 0 Å². The summed E-state index contributed by atoms with van der Waals surface area (Å²) in [6.45, 7) is 7.09. The molecular weight excluding hydrogens is 182 g/mol. The molecule has 1 N–H and O–H groups in total. The maximum Gasteiger partial charge on any atom is 0.336 e. The largest absolute Gasteiger partial charge is 0.457 e. The average Bonchev–Trinajstić information content (AvgIpc) is 2.26. The highest BCUT2D eigenvalue weighted by Crippen LogP contribution is 2.19. The van der Waals surface area contributed by atoms with Gasteiger partial charge in [-0.1, -0.05) is 0 Å². The molecule has 0 unspecified atom stereocenters. The molecule has 4 nitrogen and oxygen atoms in total. The van der Waals surface area contributed by atoms with Crippen LogP contribution in [0.3, 0.4) is 0 Å². The first-order chi connectivity index (χ1) is 6.29. The number of rotatable bonds is 1. The molecule has 0 fully saturated rings. The monoisotopic (exact) mass is 197 g/mol. The van der Waals surface area contributed by atoms with Crippen LogP contribution in [0.25, 0.3) is 0 Å². The van der Waals surface area contributed by atoms with E-state index < -0.39 is 11.6 Å². The van der Waals surface area contributed by atoms with Crippen molar-refractivity contribution in [1.29, 1.82) is 0 Å². The fraction of sp³-hybridized carbons (Fsp3) is 0.600. The molecule has 0 radical (unpaired) electrons. The van der Waals surface area contributed by atoms with Crippen LogP contribution >= 0.6 is 0 Å². The summed E-state index contributed by atoms with van der Waals surface area (Å²) in [5.74, 6) is -0.559. The van der Waals surface area contributed by atoms with Crippen LogP contribution in [-0.2, 0) is 14.3 Å². The Kier molecular flexibility index (Phi) is 2.64. The first-order valence-electron chi connectivity index (χ1n) is 4.52. The second kappa shape index (κ2) is 3.44. The Morgan fingerprint density at radius 2 is 2.00 bits per heavy atom. The number of carbonyl (C=O) groups excluding carboxylic acids is 2. The summed E-state index contributed by atoms with van der Waals surface area (Å²) in [6.07, 6.45) is 0.126. The molecule has 0 saturated carbocycles. The minimum atomic E-state index is -0.518. The van der Waals surface area contributed by atoms with Crippen LogP contribution in [0.2, 0.25) is 0 Å². The fourth-order valence-corrected chi connectivity index (χ4v) is 1.19. The number of nitrogens with one attached hydrogen (secondary N) is 1. The molecule has 0 aliphatic carbocycles. The van der Waals surface area contributed by atoms with Crippen molar-refractivity contribution in [2.45, 2.75) is 39.7 Å². The molecule has 78 valence electrons. The highest BCUT2D eigenvalue weighted by molar-refractivity contribution is 6.00. The lowest BCUT2D eigenvalue weighted by Gasteiger charge is -2.19. The Morgan fingerprint density at radius 1 is 1.43 bits per heavy atom. The summed E-state index contributed by atoms with van der Waals surface area (Å²) >= 11 is 0. The van der Waals surface area contributed by atoms with Gasteiger partial charge in [0.2, 0.25) is 5.91 Å². The SMILES string of the molecule is CC1=C(C(=O)OC(C)(C)C)CC(=O)N1. The van der Waals surface area contributed by atoms with Crippen LogP contribution in [0, 0.1) is 0 Å². The Balaban J connectivity index is 2.72. The van der Waals surface area contributed by atoms with Gasteiger partial charge in [0.05, 0.1) is 12.0 Å². The van der Waals surface area contributed by atoms with Crippen molar-refractivity contribution in [3.63, 3.8) is 0 Å². The zero-order chi connectivity index (χ0) is 10.9. The standard InChI is InChI=1S/C10H15NO3/c1-6-7(5-8(12)11-6)9(13)14-10(2,3)4/h5H2,1-4H3,(H,11,12). The van der Waals surface area contributed by atoms with Crippen LogP contribution in [-0.4, -0.2) is 17.5 Å². The number of ether oxygens (including phenoxy) is 1. The van der Waals surface area contributed by atoms with Crippen molar-refractivity contribution >= 4 is 11.9 Å². The van der Waals surface area contributed by atoms with E-state index in [2.05, 4.69) is 5.32 Å². The van der Waals surface area contributed by atoms with Crippen molar-refractivity contribution in [3.05, 3.63) is 11.3 Å². The van der Waals surface area contributed by atoms with Gasteiger partial charge in [0.1, 0.15) is 5.60 Å². The minimum absolute atomic E-state index is 0.126. The van der Waals surface area contributed by atoms with Gasteiger partial charge in [-0.05, 0) is 27.7 Å². The lowest BCUT2D eigenvalue weighted by molar-refractivity contribution is -0.150. The lowest BCUT2D eigenvalue weighted by Crippen LogP contribution is -2.25. The lowest BCUT2D eigenvalue weighted by atomic mass is 10.1. The van der Waals surface area contributed by atoms with Crippen LogP contribution in [0.4, 0.5) is 0 Å². The van der Waals surface area contributed by atoms with E-state index in [9.17, 15) is 9.59 Å². The Hall–Kier alpha value is -1.32. The van der Waals surface area contributed by atoms with Gasteiger partial charge in [0, 0.05) is 5.70 Å². The summed E-state index contributed by atoms with van der Waals surface area (Å²) in [5, 5.41) is 2.57.